The minimum absolute atomic E-state index is 0.0628. The number of nitrogens with one attached hydrogen (secondary N) is 1. The van der Waals surface area contributed by atoms with E-state index in [1.807, 2.05) is 36.2 Å². The Kier molecular flexibility index (Phi) is 5.18. The molecule has 1 aliphatic heterocycles. The molecule has 1 atom stereocenters. The zero-order valence-electron chi connectivity index (χ0n) is 14.5. The van der Waals surface area contributed by atoms with Gasteiger partial charge in [-0.3, -0.25) is 0 Å². The lowest BCUT2D eigenvalue weighted by atomic mass is 9.98. The maximum atomic E-state index is 12.1. The van der Waals surface area contributed by atoms with Gasteiger partial charge < -0.3 is 14.8 Å². The van der Waals surface area contributed by atoms with E-state index in [1.165, 1.54) is 5.69 Å². The number of hydrogen-bond donors (Lipinski definition) is 1. The number of urea groups is 1. The van der Waals surface area contributed by atoms with Crippen LogP contribution in [0.2, 0.25) is 0 Å². The van der Waals surface area contributed by atoms with E-state index in [4.69, 9.17) is 0 Å². The highest BCUT2D eigenvalue weighted by Gasteiger charge is 2.24. The summed E-state index contributed by atoms with van der Waals surface area (Å²) >= 11 is 0. The van der Waals surface area contributed by atoms with Crippen LogP contribution < -0.4 is 5.32 Å². The van der Waals surface area contributed by atoms with Crippen molar-refractivity contribution in [3.8, 4) is 11.4 Å². The van der Waals surface area contributed by atoms with Crippen molar-refractivity contribution in [1.29, 1.82) is 0 Å². The third-order valence-electron chi connectivity index (χ3n) is 4.66. The fourth-order valence-corrected chi connectivity index (χ4v) is 3.43. The van der Waals surface area contributed by atoms with Crippen molar-refractivity contribution in [2.24, 2.45) is 5.92 Å². The van der Waals surface area contributed by atoms with E-state index in [9.17, 15) is 4.79 Å². The third-order valence-corrected chi connectivity index (χ3v) is 4.66. The quantitative estimate of drug-likeness (QED) is 0.937. The molecule has 0 saturated carbocycles. The molecule has 5 nitrogen and oxygen atoms in total. The average molecular weight is 326 g/mol. The Morgan fingerprint density at radius 3 is 2.88 bits per heavy atom. The molecule has 128 valence electrons. The molecule has 1 aromatic heterocycles. The Bertz CT molecular complexity index is 680. The molecule has 0 spiro atoms. The van der Waals surface area contributed by atoms with Crippen LogP contribution >= 0.6 is 0 Å². The number of nitrogens with zero attached hydrogens (tertiary/aromatic N) is 3. The minimum Gasteiger partial charge on any atom is -0.338 e. The molecule has 1 saturated heterocycles. The molecule has 0 radical (unpaired) electrons. The topological polar surface area (TPSA) is 50.2 Å². The molecule has 1 aromatic carbocycles. The first kappa shape index (κ1) is 16.6. The molecule has 3 rings (SSSR count). The SMILES string of the molecule is CCNC(=O)N1CCCC(Cn2c(C)cnc2-c2ccccc2)C1. The largest absolute Gasteiger partial charge is 0.338 e. The Morgan fingerprint density at radius 2 is 2.12 bits per heavy atom. The van der Waals surface area contributed by atoms with Crippen molar-refractivity contribution in [3.05, 3.63) is 42.2 Å². The molecular weight excluding hydrogens is 300 g/mol. The number of benzene rings is 1. The second-order valence-corrected chi connectivity index (χ2v) is 6.49. The lowest BCUT2D eigenvalue weighted by Gasteiger charge is -2.33. The van der Waals surface area contributed by atoms with Gasteiger partial charge in [0, 0.05) is 43.6 Å². The Labute approximate surface area is 143 Å². The van der Waals surface area contributed by atoms with Crippen LogP contribution in [0, 0.1) is 12.8 Å². The second-order valence-electron chi connectivity index (χ2n) is 6.49. The van der Waals surface area contributed by atoms with Crippen LogP contribution in [0.1, 0.15) is 25.5 Å². The molecule has 2 aromatic rings. The van der Waals surface area contributed by atoms with E-state index in [1.54, 1.807) is 0 Å². The molecule has 2 heterocycles. The number of amides is 2. The van der Waals surface area contributed by atoms with Gasteiger partial charge in [0.25, 0.3) is 0 Å². The van der Waals surface area contributed by atoms with Crippen LogP contribution in [0.5, 0.6) is 0 Å². The second kappa shape index (κ2) is 7.51. The van der Waals surface area contributed by atoms with Crippen LogP contribution in [-0.4, -0.2) is 40.1 Å². The van der Waals surface area contributed by atoms with Gasteiger partial charge in [0.2, 0.25) is 0 Å². The van der Waals surface area contributed by atoms with E-state index in [0.717, 1.165) is 43.9 Å². The molecular formula is C19H26N4O. The summed E-state index contributed by atoms with van der Waals surface area (Å²) in [5, 5.41) is 2.91. The molecule has 1 fully saturated rings. The number of carbonyl (C=O) groups is 1. The molecule has 1 aliphatic rings. The van der Waals surface area contributed by atoms with E-state index in [0.29, 0.717) is 12.5 Å². The third kappa shape index (κ3) is 3.61. The first-order valence-electron chi connectivity index (χ1n) is 8.79. The summed E-state index contributed by atoms with van der Waals surface area (Å²) in [5.74, 6) is 1.49. The number of rotatable bonds is 4. The number of carbonyl (C=O) groups excluding carboxylic acids is 1. The average Bonchev–Trinajstić information content (AvgIpc) is 2.97. The molecule has 2 amide bonds. The van der Waals surface area contributed by atoms with Crippen molar-refractivity contribution in [2.45, 2.75) is 33.2 Å². The van der Waals surface area contributed by atoms with Gasteiger partial charge in [-0.25, -0.2) is 9.78 Å². The minimum atomic E-state index is 0.0628. The highest BCUT2D eigenvalue weighted by molar-refractivity contribution is 5.74. The summed E-state index contributed by atoms with van der Waals surface area (Å²) < 4.78 is 2.29. The van der Waals surface area contributed by atoms with Crippen molar-refractivity contribution in [1.82, 2.24) is 19.8 Å². The van der Waals surface area contributed by atoms with E-state index in [-0.39, 0.29) is 6.03 Å². The fourth-order valence-electron chi connectivity index (χ4n) is 3.43. The Morgan fingerprint density at radius 1 is 1.33 bits per heavy atom. The van der Waals surface area contributed by atoms with Crippen LogP contribution in [-0.2, 0) is 6.54 Å². The van der Waals surface area contributed by atoms with Gasteiger partial charge in [-0.15, -0.1) is 0 Å². The van der Waals surface area contributed by atoms with Gasteiger partial charge in [0.1, 0.15) is 5.82 Å². The van der Waals surface area contributed by atoms with Gasteiger partial charge in [-0.1, -0.05) is 30.3 Å². The van der Waals surface area contributed by atoms with Gasteiger partial charge in [-0.05, 0) is 32.6 Å². The number of imidazole rings is 1. The molecule has 24 heavy (non-hydrogen) atoms. The number of aryl methyl sites for hydroxylation is 1. The van der Waals surface area contributed by atoms with Gasteiger partial charge in [0.15, 0.2) is 0 Å². The number of likely N-dealkylation sites (tertiary alicyclic amines) is 1. The van der Waals surface area contributed by atoms with Crippen molar-refractivity contribution >= 4 is 6.03 Å². The summed E-state index contributed by atoms with van der Waals surface area (Å²) in [6, 6.07) is 10.4. The maximum Gasteiger partial charge on any atom is 0.317 e. The highest BCUT2D eigenvalue weighted by atomic mass is 16.2. The van der Waals surface area contributed by atoms with E-state index in [2.05, 4.69) is 33.9 Å². The van der Waals surface area contributed by atoms with Crippen LogP contribution in [0.25, 0.3) is 11.4 Å². The summed E-state index contributed by atoms with van der Waals surface area (Å²) in [6.45, 7) is 7.32. The maximum absolute atomic E-state index is 12.1. The van der Waals surface area contributed by atoms with Gasteiger partial charge in [-0.2, -0.15) is 0 Å². The molecule has 0 bridgehead atoms. The lowest BCUT2D eigenvalue weighted by molar-refractivity contribution is 0.160. The predicted octanol–water partition coefficient (Wildman–Crippen LogP) is 3.30. The highest BCUT2D eigenvalue weighted by Crippen LogP contribution is 2.24. The van der Waals surface area contributed by atoms with Crippen molar-refractivity contribution in [3.63, 3.8) is 0 Å². The van der Waals surface area contributed by atoms with Crippen molar-refractivity contribution < 1.29 is 4.79 Å². The molecule has 5 heteroatoms. The molecule has 1 N–H and O–H groups in total. The first-order chi connectivity index (χ1) is 11.7. The normalized spacial score (nSPS) is 17.8. The number of piperidine rings is 1. The Balaban J connectivity index is 1.74. The summed E-state index contributed by atoms with van der Waals surface area (Å²) in [4.78, 5) is 18.7. The van der Waals surface area contributed by atoms with Crippen molar-refractivity contribution in [2.75, 3.05) is 19.6 Å². The van der Waals surface area contributed by atoms with Gasteiger partial charge >= 0.3 is 6.03 Å². The first-order valence-corrected chi connectivity index (χ1v) is 8.79. The van der Waals surface area contributed by atoms with E-state index >= 15 is 0 Å². The molecule has 1 unspecified atom stereocenters. The smallest absolute Gasteiger partial charge is 0.317 e. The predicted molar refractivity (Wildman–Crippen MR) is 95.8 cm³/mol. The lowest BCUT2D eigenvalue weighted by Crippen LogP contribution is -2.46. The standard InChI is InChI=1S/C19H26N4O/c1-3-20-19(24)22-11-7-8-16(13-22)14-23-15(2)12-21-18(23)17-9-5-4-6-10-17/h4-6,9-10,12,16H,3,7-8,11,13-14H2,1-2H3,(H,20,24). The van der Waals surface area contributed by atoms with Crippen LogP contribution in [0.3, 0.4) is 0 Å². The zero-order valence-corrected chi connectivity index (χ0v) is 14.5. The summed E-state index contributed by atoms with van der Waals surface area (Å²) in [6.07, 6.45) is 4.16. The monoisotopic (exact) mass is 326 g/mol. The summed E-state index contributed by atoms with van der Waals surface area (Å²) in [5.41, 5.74) is 2.31. The molecule has 0 aliphatic carbocycles. The fraction of sp³-hybridized carbons (Fsp3) is 0.474. The number of aromatic nitrogens is 2. The summed E-state index contributed by atoms with van der Waals surface area (Å²) in [7, 11) is 0. The Hall–Kier alpha value is -2.30. The number of hydrogen-bond acceptors (Lipinski definition) is 2. The zero-order chi connectivity index (χ0) is 16.9. The van der Waals surface area contributed by atoms with Gasteiger partial charge in [0.05, 0.1) is 0 Å². The van der Waals surface area contributed by atoms with Crippen LogP contribution in [0.15, 0.2) is 36.5 Å². The van der Waals surface area contributed by atoms with E-state index < -0.39 is 0 Å². The van der Waals surface area contributed by atoms with Crippen LogP contribution in [0.4, 0.5) is 4.79 Å².